The zero-order valence-electron chi connectivity index (χ0n) is 14.0. The van der Waals surface area contributed by atoms with E-state index in [0.717, 1.165) is 19.1 Å². The first-order valence-corrected chi connectivity index (χ1v) is 10.2. The van der Waals surface area contributed by atoms with E-state index in [1.807, 2.05) is 0 Å². The van der Waals surface area contributed by atoms with Gasteiger partial charge in [0.1, 0.15) is 0 Å². The molecule has 0 radical (unpaired) electrons. The molecule has 0 aromatic heterocycles. The number of rotatable bonds is 5. The minimum Gasteiger partial charge on any atom is -0.326 e. The minimum absolute atomic E-state index is 0.0241. The molecule has 3 rings (SSSR count). The summed E-state index contributed by atoms with van der Waals surface area (Å²) in [5.74, 6) is -0.419. The van der Waals surface area contributed by atoms with E-state index in [1.165, 1.54) is 18.2 Å². The molecule has 0 heterocycles. The zero-order valence-corrected chi connectivity index (χ0v) is 15.5. The first-order valence-electron chi connectivity index (χ1n) is 7.96. The molecule has 0 aliphatic heterocycles. The molecule has 1 aliphatic rings. The largest absolute Gasteiger partial charge is 0.326 e. The van der Waals surface area contributed by atoms with E-state index in [9.17, 15) is 18.0 Å². The molecule has 0 atom stereocenters. The number of carbonyl (C=O) groups excluding carboxylic acids is 2. The predicted molar refractivity (Wildman–Crippen MR) is 100 cm³/mol. The van der Waals surface area contributed by atoms with E-state index in [2.05, 4.69) is 10.6 Å². The molecule has 136 valence electrons. The van der Waals surface area contributed by atoms with Crippen molar-refractivity contribution in [3.8, 4) is 0 Å². The van der Waals surface area contributed by atoms with Gasteiger partial charge in [0, 0.05) is 29.1 Å². The smallest absolute Gasteiger partial charge is 0.255 e. The van der Waals surface area contributed by atoms with Crippen molar-refractivity contribution in [3.05, 3.63) is 53.1 Å². The van der Waals surface area contributed by atoms with Gasteiger partial charge >= 0.3 is 0 Å². The fraction of sp³-hybridized carbons (Fsp3) is 0.222. The van der Waals surface area contributed by atoms with Crippen molar-refractivity contribution >= 4 is 44.6 Å². The normalized spacial score (nSPS) is 13.9. The van der Waals surface area contributed by atoms with Crippen LogP contribution in [-0.2, 0) is 14.6 Å². The summed E-state index contributed by atoms with van der Waals surface area (Å²) in [6, 6.07) is 10.8. The molecule has 2 N–H and O–H groups in total. The third-order valence-corrected chi connectivity index (χ3v) is 5.51. The Morgan fingerprint density at radius 2 is 1.69 bits per heavy atom. The minimum atomic E-state index is -3.54. The zero-order chi connectivity index (χ0) is 18.9. The highest BCUT2D eigenvalue weighted by molar-refractivity contribution is 7.90. The van der Waals surface area contributed by atoms with Gasteiger partial charge in [-0.2, -0.15) is 0 Å². The summed E-state index contributed by atoms with van der Waals surface area (Å²) in [4.78, 5) is 24.1. The molecule has 2 aromatic rings. The average molecular weight is 393 g/mol. The number of benzene rings is 2. The third-order valence-electron chi connectivity index (χ3n) is 3.93. The van der Waals surface area contributed by atoms with Crippen LogP contribution in [0.4, 0.5) is 11.4 Å². The number of nitrogens with one attached hydrogen (secondary N) is 2. The molecular formula is C18H17ClN2O4S. The molecule has 0 bridgehead atoms. The molecule has 8 heteroatoms. The second-order valence-corrected chi connectivity index (χ2v) is 8.61. The molecule has 26 heavy (non-hydrogen) atoms. The van der Waals surface area contributed by atoms with Crippen LogP contribution in [0.15, 0.2) is 47.4 Å². The van der Waals surface area contributed by atoms with E-state index < -0.39 is 15.7 Å². The number of sulfone groups is 1. The molecule has 1 aliphatic carbocycles. The third kappa shape index (κ3) is 4.42. The van der Waals surface area contributed by atoms with Crippen molar-refractivity contribution in [1.29, 1.82) is 0 Å². The highest BCUT2D eigenvalue weighted by atomic mass is 35.5. The summed E-state index contributed by atoms with van der Waals surface area (Å²) >= 11 is 5.89. The maximum atomic E-state index is 12.4. The van der Waals surface area contributed by atoms with Crippen molar-refractivity contribution < 1.29 is 18.0 Å². The van der Waals surface area contributed by atoms with Gasteiger partial charge in [0.05, 0.1) is 9.92 Å². The Morgan fingerprint density at radius 3 is 2.31 bits per heavy atom. The first-order chi connectivity index (χ1) is 12.2. The van der Waals surface area contributed by atoms with Crippen molar-refractivity contribution in [2.75, 3.05) is 16.9 Å². The first kappa shape index (κ1) is 18.4. The summed E-state index contributed by atoms with van der Waals surface area (Å²) < 4.78 is 23.5. The summed E-state index contributed by atoms with van der Waals surface area (Å²) in [5, 5.41) is 5.56. The predicted octanol–water partition coefficient (Wildman–Crippen LogP) is 3.34. The number of carbonyl (C=O) groups is 2. The number of hydrogen-bond donors (Lipinski definition) is 2. The second-order valence-electron chi connectivity index (χ2n) is 6.22. The summed E-state index contributed by atoms with van der Waals surface area (Å²) in [7, 11) is -3.54. The van der Waals surface area contributed by atoms with E-state index in [-0.39, 0.29) is 27.3 Å². The van der Waals surface area contributed by atoms with E-state index in [1.54, 1.807) is 24.3 Å². The van der Waals surface area contributed by atoms with Gasteiger partial charge in [0.25, 0.3) is 5.91 Å². The standard InChI is InChI=1S/C18H17ClN2O4S/c1-26(24,25)16-9-12(7-8-15(16)19)18(23)21-14-4-2-3-13(10-14)20-17(22)11-5-6-11/h2-4,7-11H,5-6H2,1H3,(H,20,22)(H,21,23). The fourth-order valence-electron chi connectivity index (χ4n) is 2.40. The average Bonchev–Trinajstić information content (AvgIpc) is 3.39. The van der Waals surface area contributed by atoms with Gasteiger partial charge in [-0.1, -0.05) is 17.7 Å². The van der Waals surface area contributed by atoms with Gasteiger partial charge < -0.3 is 10.6 Å². The van der Waals surface area contributed by atoms with Crippen molar-refractivity contribution in [3.63, 3.8) is 0 Å². The number of halogens is 1. The van der Waals surface area contributed by atoms with Crippen LogP contribution >= 0.6 is 11.6 Å². The van der Waals surface area contributed by atoms with Crippen LogP contribution < -0.4 is 10.6 Å². The highest BCUT2D eigenvalue weighted by Crippen LogP contribution is 2.30. The summed E-state index contributed by atoms with van der Waals surface area (Å²) in [5.41, 5.74) is 1.24. The molecule has 0 saturated heterocycles. The molecule has 6 nitrogen and oxygen atoms in total. The van der Waals surface area contributed by atoms with Gasteiger partial charge in [-0.05, 0) is 49.2 Å². The van der Waals surface area contributed by atoms with Gasteiger partial charge in [0.15, 0.2) is 9.84 Å². The summed E-state index contributed by atoms with van der Waals surface area (Å²) in [6.07, 6.45) is 2.84. The molecule has 1 saturated carbocycles. The van der Waals surface area contributed by atoms with Gasteiger partial charge in [-0.25, -0.2) is 8.42 Å². The fourth-order valence-corrected chi connectivity index (χ4v) is 3.70. The lowest BCUT2D eigenvalue weighted by atomic mass is 10.2. The quantitative estimate of drug-likeness (QED) is 0.816. The molecule has 2 amide bonds. The Balaban J connectivity index is 1.77. The van der Waals surface area contributed by atoms with Crippen LogP contribution in [0.2, 0.25) is 5.02 Å². The molecule has 1 fully saturated rings. The maximum absolute atomic E-state index is 12.4. The van der Waals surface area contributed by atoms with Crippen LogP contribution in [0.25, 0.3) is 0 Å². The molecule has 0 unspecified atom stereocenters. The molecule has 2 aromatic carbocycles. The highest BCUT2D eigenvalue weighted by Gasteiger charge is 2.29. The van der Waals surface area contributed by atoms with Crippen LogP contribution in [0.3, 0.4) is 0 Å². The van der Waals surface area contributed by atoms with E-state index in [0.29, 0.717) is 11.4 Å². The number of anilines is 2. The van der Waals surface area contributed by atoms with Crippen LogP contribution in [-0.4, -0.2) is 26.5 Å². The van der Waals surface area contributed by atoms with E-state index in [4.69, 9.17) is 11.6 Å². The van der Waals surface area contributed by atoms with Gasteiger partial charge in [-0.3, -0.25) is 9.59 Å². The van der Waals surface area contributed by atoms with Crippen LogP contribution in [0.1, 0.15) is 23.2 Å². The second kappa shape index (κ2) is 7.09. The molecular weight excluding hydrogens is 376 g/mol. The monoisotopic (exact) mass is 392 g/mol. The van der Waals surface area contributed by atoms with Gasteiger partial charge in [0.2, 0.25) is 5.91 Å². The van der Waals surface area contributed by atoms with Crippen molar-refractivity contribution in [1.82, 2.24) is 0 Å². The Hall–Kier alpha value is -2.38. The van der Waals surface area contributed by atoms with Gasteiger partial charge in [-0.15, -0.1) is 0 Å². The van der Waals surface area contributed by atoms with E-state index >= 15 is 0 Å². The van der Waals surface area contributed by atoms with Crippen molar-refractivity contribution in [2.45, 2.75) is 17.7 Å². The lowest BCUT2D eigenvalue weighted by molar-refractivity contribution is -0.117. The van der Waals surface area contributed by atoms with Crippen LogP contribution in [0.5, 0.6) is 0 Å². The summed E-state index contributed by atoms with van der Waals surface area (Å²) in [6.45, 7) is 0. The Kier molecular flexibility index (Phi) is 5.02. The number of amides is 2. The number of hydrogen-bond acceptors (Lipinski definition) is 4. The lowest BCUT2D eigenvalue weighted by Gasteiger charge is -2.10. The van der Waals surface area contributed by atoms with Crippen molar-refractivity contribution in [2.24, 2.45) is 5.92 Å². The topological polar surface area (TPSA) is 92.3 Å². The SMILES string of the molecule is CS(=O)(=O)c1cc(C(=O)Nc2cccc(NC(=O)C3CC3)c2)ccc1Cl. The maximum Gasteiger partial charge on any atom is 0.255 e. The Morgan fingerprint density at radius 1 is 1.04 bits per heavy atom. The van der Waals surface area contributed by atoms with Crippen LogP contribution in [0, 0.1) is 5.92 Å². The molecule has 0 spiro atoms. The lowest BCUT2D eigenvalue weighted by Crippen LogP contribution is -2.15. The Labute approximate surface area is 156 Å². The Bertz CT molecular complexity index is 984.